The summed E-state index contributed by atoms with van der Waals surface area (Å²) in [5.74, 6) is 2.33. The van der Waals surface area contributed by atoms with Crippen molar-refractivity contribution in [3.63, 3.8) is 0 Å². The number of ether oxygens (including phenoxy) is 1. The van der Waals surface area contributed by atoms with E-state index in [-0.39, 0.29) is 0 Å². The SMILES string of the molecule is Cc1ccc(OCCN2CCN(c3c(C)c(C)nc4ncnn34)CC2)nn1. The van der Waals surface area contributed by atoms with Crippen molar-refractivity contribution in [2.45, 2.75) is 20.8 Å². The molecule has 142 valence electrons. The van der Waals surface area contributed by atoms with Crippen molar-refractivity contribution in [2.24, 2.45) is 0 Å². The van der Waals surface area contributed by atoms with Gasteiger partial charge in [0.05, 0.1) is 5.69 Å². The van der Waals surface area contributed by atoms with Crippen LogP contribution in [0.3, 0.4) is 0 Å². The van der Waals surface area contributed by atoms with Gasteiger partial charge in [-0.15, -0.1) is 5.10 Å². The zero-order chi connectivity index (χ0) is 18.8. The second-order valence-electron chi connectivity index (χ2n) is 6.81. The highest BCUT2D eigenvalue weighted by molar-refractivity contribution is 5.54. The van der Waals surface area contributed by atoms with Crippen LogP contribution in [-0.2, 0) is 0 Å². The average Bonchev–Trinajstić information content (AvgIpc) is 3.13. The Hall–Kier alpha value is -2.81. The molecule has 9 heteroatoms. The summed E-state index contributed by atoms with van der Waals surface area (Å²) in [5, 5.41) is 12.4. The van der Waals surface area contributed by atoms with Crippen molar-refractivity contribution in [2.75, 3.05) is 44.2 Å². The van der Waals surface area contributed by atoms with Gasteiger partial charge in [-0.1, -0.05) is 0 Å². The highest BCUT2D eigenvalue weighted by Crippen LogP contribution is 2.23. The smallest absolute Gasteiger partial charge is 0.254 e. The summed E-state index contributed by atoms with van der Waals surface area (Å²) in [7, 11) is 0. The van der Waals surface area contributed by atoms with Crippen LogP contribution in [0.25, 0.3) is 5.78 Å². The molecule has 0 saturated carbocycles. The minimum absolute atomic E-state index is 0.579. The number of rotatable bonds is 5. The van der Waals surface area contributed by atoms with Crippen LogP contribution < -0.4 is 9.64 Å². The van der Waals surface area contributed by atoms with E-state index >= 15 is 0 Å². The van der Waals surface area contributed by atoms with Crippen LogP contribution in [-0.4, -0.2) is 74.0 Å². The summed E-state index contributed by atoms with van der Waals surface area (Å²) >= 11 is 0. The molecule has 0 radical (unpaired) electrons. The van der Waals surface area contributed by atoms with Crippen LogP contribution in [0.5, 0.6) is 5.88 Å². The number of aromatic nitrogens is 6. The van der Waals surface area contributed by atoms with E-state index in [2.05, 4.69) is 42.0 Å². The molecular weight excluding hydrogens is 344 g/mol. The van der Waals surface area contributed by atoms with Gasteiger partial charge in [0.1, 0.15) is 18.8 Å². The molecule has 1 aliphatic rings. The number of nitrogens with zero attached hydrogens (tertiary/aromatic N) is 8. The molecule has 0 spiro atoms. The molecule has 0 N–H and O–H groups in total. The summed E-state index contributed by atoms with van der Waals surface area (Å²) in [5.41, 5.74) is 3.05. The van der Waals surface area contributed by atoms with E-state index in [1.165, 1.54) is 0 Å². The quantitative estimate of drug-likeness (QED) is 0.660. The van der Waals surface area contributed by atoms with E-state index < -0.39 is 0 Å². The van der Waals surface area contributed by atoms with Gasteiger partial charge >= 0.3 is 0 Å². The van der Waals surface area contributed by atoms with Crippen molar-refractivity contribution in [1.82, 2.24) is 34.7 Å². The molecule has 0 aromatic carbocycles. The summed E-state index contributed by atoms with van der Waals surface area (Å²) < 4.78 is 7.54. The third-order valence-corrected chi connectivity index (χ3v) is 4.98. The zero-order valence-electron chi connectivity index (χ0n) is 16.0. The Morgan fingerprint density at radius 2 is 1.85 bits per heavy atom. The maximum Gasteiger partial charge on any atom is 0.254 e. The molecule has 9 nitrogen and oxygen atoms in total. The lowest BCUT2D eigenvalue weighted by Crippen LogP contribution is -2.48. The largest absolute Gasteiger partial charge is 0.475 e. The zero-order valence-corrected chi connectivity index (χ0v) is 16.0. The van der Waals surface area contributed by atoms with E-state index in [1.807, 2.05) is 30.5 Å². The Morgan fingerprint density at radius 3 is 2.59 bits per heavy atom. The average molecular weight is 368 g/mol. The molecule has 0 unspecified atom stereocenters. The molecule has 0 aliphatic carbocycles. The molecule has 1 aliphatic heterocycles. The fraction of sp³-hybridized carbons (Fsp3) is 0.500. The number of anilines is 1. The molecule has 0 bridgehead atoms. The normalized spacial score (nSPS) is 15.4. The van der Waals surface area contributed by atoms with Crippen LogP contribution in [0.1, 0.15) is 17.0 Å². The molecule has 4 heterocycles. The molecule has 3 aromatic rings. The number of hydrogen-bond acceptors (Lipinski definition) is 8. The van der Waals surface area contributed by atoms with Gasteiger partial charge in [0, 0.05) is 50.0 Å². The molecule has 0 amide bonds. The topological polar surface area (TPSA) is 84.6 Å². The molecule has 4 rings (SSSR count). The second-order valence-corrected chi connectivity index (χ2v) is 6.81. The van der Waals surface area contributed by atoms with E-state index in [9.17, 15) is 0 Å². The third kappa shape index (κ3) is 3.68. The van der Waals surface area contributed by atoms with Crippen molar-refractivity contribution in [1.29, 1.82) is 0 Å². The molecular formula is C18H24N8O. The lowest BCUT2D eigenvalue weighted by atomic mass is 10.2. The molecule has 0 atom stereocenters. The summed E-state index contributed by atoms with van der Waals surface area (Å²) in [6.07, 6.45) is 1.56. The minimum Gasteiger partial charge on any atom is -0.475 e. The van der Waals surface area contributed by atoms with Gasteiger partial charge in [0.25, 0.3) is 5.78 Å². The molecule has 1 saturated heterocycles. The van der Waals surface area contributed by atoms with Crippen LogP contribution in [0, 0.1) is 20.8 Å². The van der Waals surface area contributed by atoms with Crippen LogP contribution >= 0.6 is 0 Å². The number of aryl methyl sites for hydroxylation is 2. The van der Waals surface area contributed by atoms with Gasteiger partial charge in [-0.25, -0.2) is 4.98 Å². The van der Waals surface area contributed by atoms with Crippen molar-refractivity contribution >= 4 is 11.6 Å². The van der Waals surface area contributed by atoms with Gasteiger partial charge in [-0.3, -0.25) is 4.90 Å². The first kappa shape index (κ1) is 17.6. The monoisotopic (exact) mass is 368 g/mol. The van der Waals surface area contributed by atoms with Crippen molar-refractivity contribution in [3.05, 3.63) is 35.4 Å². The fourth-order valence-electron chi connectivity index (χ4n) is 3.31. The number of fused-ring (bicyclic) bond motifs is 1. The standard InChI is InChI=1S/C18H24N8O/c1-13-4-5-16(23-22-13)27-11-10-24-6-8-25(9-7-24)17-14(2)15(3)21-18-19-12-20-26(17)18/h4-5,12H,6-11H2,1-3H3. The van der Waals surface area contributed by atoms with Crippen LogP contribution in [0.15, 0.2) is 18.5 Å². The molecule has 27 heavy (non-hydrogen) atoms. The maximum absolute atomic E-state index is 5.70. The Morgan fingerprint density at radius 1 is 1.04 bits per heavy atom. The first-order chi connectivity index (χ1) is 13.1. The van der Waals surface area contributed by atoms with E-state index in [1.54, 1.807) is 6.33 Å². The second kappa shape index (κ2) is 7.43. The van der Waals surface area contributed by atoms with Gasteiger partial charge in [-0.05, 0) is 26.8 Å². The first-order valence-electron chi connectivity index (χ1n) is 9.19. The highest BCUT2D eigenvalue weighted by Gasteiger charge is 2.22. The van der Waals surface area contributed by atoms with Crippen LogP contribution in [0.4, 0.5) is 5.82 Å². The predicted molar refractivity (Wildman–Crippen MR) is 101 cm³/mol. The lowest BCUT2D eigenvalue weighted by molar-refractivity contribution is 0.195. The van der Waals surface area contributed by atoms with E-state index in [4.69, 9.17) is 4.74 Å². The Labute approximate surface area is 158 Å². The van der Waals surface area contributed by atoms with E-state index in [0.29, 0.717) is 18.3 Å². The third-order valence-electron chi connectivity index (χ3n) is 4.98. The maximum atomic E-state index is 5.70. The van der Waals surface area contributed by atoms with Gasteiger partial charge in [0.15, 0.2) is 0 Å². The first-order valence-corrected chi connectivity index (χ1v) is 9.19. The van der Waals surface area contributed by atoms with Crippen molar-refractivity contribution in [3.8, 4) is 5.88 Å². The van der Waals surface area contributed by atoms with Gasteiger partial charge in [-0.2, -0.15) is 19.7 Å². The molecule has 1 fully saturated rings. The summed E-state index contributed by atoms with van der Waals surface area (Å²) in [6, 6.07) is 3.77. The van der Waals surface area contributed by atoms with Gasteiger partial charge < -0.3 is 9.64 Å². The number of hydrogen-bond donors (Lipinski definition) is 0. The predicted octanol–water partition coefficient (Wildman–Crippen LogP) is 1.04. The Kier molecular flexibility index (Phi) is 4.85. The Balaban J connectivity index is 1.35. The van der Waals surface area contributed by atoms with Crippen molar-refractivity contribution < 1.29 is 4.74 Å². The van der Waals surface area contributed by atoms with Gasteiger partial charge in [0.2, 0.25) is 5.88 Å². The summed E-state index contributed by atoms with van der Waals surface area (Å²) in [6.45, 7) is 11.3. The van der Waals surface area contributed by atoms with E-state index in [0.717, 1.165) is 55.5 Å². The highest BCUT2D eigenvalue weighted by atomic mass is 16.5. The molecule has 3 aromatic heterocycles. The Bertz CT molecular complexity index is 915. The number of piperazine rings is 1. The van der Waals surface area contributed by atoms with Crippen LogP contribution in [0.2, 0.25) is 0 Å². The summed E-state index contributed by atoms with van der Waals surface area (Å²) in [4.78, 5) is 13.5. The minimum atomic E-state index is 0.579. The lowest BCUT2D eigenvalue weighted by Gasteiger charge is -2.36. The fourth-order valence-corrected chi connectivity index (χ4v) is 3.31.